The fourth-order valence-electron chi connectivity index (χ4n) is 1.07. The minimum atomic E-state index is -4.45. The summed E-state index contributed by atoms with van der Waals surface area (Å²) < 4.78 is 67.3. The van der Waals surface area contributed by atoms with E-state index in [2.05, 4.69) is 12.6 Å². The molecule has 1 radical (unpaired) electrons. The van der Waals surface area contributed by atoms with Crippen molar-refractivity contribution in [3.8, 4) is 0 Å². The standard InChI is InChI=1S/C6H3Cl3O6S4.Na/c7-17(10,11)3-1-4(18(8,12)13)6(16)5(2-3)19(9,14)15;/h1-2,16H;. The van der Waals surface area contributed by atoms with Gasteiger partial charge in [-0.1, -0.05) is 0 Å². The first kappa shape index (κ1) is 21.3. The molecule has 0 aliphatic heterocycles. The van der Waals surface area contributed by atoms with Crippen molar-refractivity contribution in [1.82, 2.24) is 0 Å². The number of hydrogen-bond donors (Lipinski definition) is 1. The van der Waals surface area contributed by atoms with Gasteiger partial charge in [-0.15, -0.1) is 12.6 Å². The molecule has 0 saturated heterocycles. The normalized spacial score (nSPS) is 12.8. The zero-order chi connectivity index (χ0) is 15.2. The second kappa shape index (κ2) is 6.81. The van der Waals surface area contributed by atoms with Gasteiger partial charge in [0.2, 0.25) is 0 Å². The van der Waals surface area contributed by atoms with Crippen molar-refractivity contribution in [3.05, 3.63) is 12.1 Å². The molecule has 0 unspecified atom stereocenters. The monoisotopic (exact) mass is 427 g/mol. The second-order valence-electron chi connectivity index (χ2n) is 3.08. The average Bonchev–Trinajstić information content (AvgIpc) is 2.11. The van der Waals surface area contributed by atoms with Crippen molar-refractivity contribution in [3.63, 3.8) is 0 Å². The molecule has 6 nitrogen and oxygen atoms in total. The maximum absolute atomic E-state index is 11.3. The van der Waals surface area contributed by atoms with Crippen LogP contribution in [0.15, 0.2) is 31.7 Å². The number of rotatable bonds is 3. The number of thiol groups is 1. The van der Waals surface area contributed by atoms with E-state index < -0.39 is 46.7 Å². The molecule has 109 valence electrons. The van der Waals surface area contributed by atoms with E-state index in [1.54, 1.807) is 0 Å². The molecule has 0 atom stereocenters. The van der Waals surface area contributed by atoms with Crippen LogP contribution < -0.4 is 0 Å². The Morgan fingerprint density at radius 2 is 1.05 bits per heavy atom. The van der Waals surface area contributed by atoms with E-state index in [-0.39, 0.29) is 29.6 Å². The predicted molar refractivity (Wildman–Crippen MR) is 78.6 cm³/mol. The number of hydrogen-bond acceptors (Lipinski definition) is 7. The maximum atomic E-state index is 11.3. The Morgan fingerprint density at radius 1 is 0.750 bits per heavy atom. The van der Waals surface area contributed by atoms with Gasteiger partial charge in [0.15, 0.2) is 0 Å². The number of benzene rings is 1. The maximum Gasteiger partial charge on any atom is 0.262 e. The van der Waals surface area contributed by atoms with Crippen LogP contribution in [0, 0.1) is 0 Å². The molecule has 1 rings (SSSR count). The van der Waals surface area contributed by atoms with Gasteiger partial charge < -0.3 is 0 Å². The molecule has 0 fully saturated rings. The first-order chi connectivity index (χ1) is 8.24. The summed E-state index contributed by atoms with van der Waals surface area (Å²) in [6.07, 6.45) is 0. The molecule has 20 heavy (non-hydrogen) atoms. The fourth-order valence-corrected chi connectivity index (χ4v) is 5.19. The van der Waals surface area contributed by atoms with Crippen molar-refractivity contribution in [2.24, 2.45) is 0 Å². The van der Waals surface area contributed by atoms with Crippen LogP contribution in [-0.2, 0) is 27.2 Å². The summed E-state index contributed by atoms with van der Waals surface area (Å²) >= 11 is 3.68. The van der Waals surface area contributed by atoms with Crippen LogP contribution in [0.3, 0.4) is 0 Å². The molecule has 0 aliphatic carbocycles. The first-order valence-corrected chi connectivity index (χ1v) is 11.3. The largest absolute Gasteiger partial charge is 0.262 e. The quantitative estimate of drug-likeness (QED) is 0.443. The van der Waals surface area contributed by atoms with Crippen molar-refractivity contribution in [2.75, 3.05) is 0 Å². The van der Waals surface area contributed by atoms with Crippen molar-refractivity contribution in [2.45, 2.75) is 19.6 Å². The van der Waals surface area contributed by atoms with Gasteiger partial charge in [0.25, 0.3) is 27.2 Å². The van der Waals surface area contributed by atoms with E-state index in [9.17, 15) is 25.3 Å². The Balaban J connectivity index is 0.00000361. The minimum Gasteiger partial charge on any atom is -0.207 e. The van der Waals surface area contributed by atoms with E-state index in [1.807, 2.05) is 0 Å². The summed E-state index contributed by atoms with van der Waals surface area (Å²) in [7, 11) is 1.85. The third-order valence-electron chi connectivity index (χ3n) is 1.82. The summed E-state index contributed by atoms with van der Waals surface area (Å²) in [5.41, 5.74) is 0. The van der Waals surface area contributed by atoms with Crippen LogP contribution >= 0.6 is 44.7 Å². The topological polar surface area (TPSA) is 102 Å². The molecule has 1 aromatic carbocycles. The Hall–Kier alpha value is 1.29. The molecule has 0 heterocycles. The molecule has 0 aliphatic rings. The molecule has 1 aromatic rings. The summed E-state index contributed by atoms with van der Waals surface area (Å²) in [6.45, 7) is 0. The van der Waals surface area contributed by atoms with Crippen LogP contribution in [0.1, 0.15) is 0 Å². The average molecular weight is 429 g/mol. The summed E-state index contributed by atoms with van der Waals surface area (Å²) in [6, 6.07) is 1.16. The predicted octanol–water partition coefficient (Wildman–Crippen LogP) is 1.38. The van der Waals surface area contributed by atoms with Crippen LogP contribution in [0.5, 0.6) is 0 Å². The molecule has 0 spiro atoms. The Bertz CT molecular complexity index is 792. The van der Waals surface area contributed by atoms with Crippen molar-refractivity contribution < 1.29 is 25.3 Å². The molecule has 14 heteroatoms. The second-order valence-corrected chi connectivity index (χ2v) is 11.2. The molecule has 0 amide bonds. The van der Waals surface area contributed by atoms with Crippen LogP contribution in [-0.4, -0.2) is 54.8 Å². The molecule has 0 aromatic heterocycles. The Kier molecular flexibility index (Phi) is 7.25. The van der Waals surface area contributed by atoms with Gasteiger partial charge in [0.1, 0.15) is 0 Å². The molecule has 0 N–H and O–H groups in total. The summed E-state index contributed by atoms with van der Waals surface area (Å²) in [5.74, 6) is 0. The van der Waals surface area contributed by atoms with Gasteiger partial charge >= 0.3 is 0 Å². The minimum absolute atomic E-state index is 0. The number of halogens is 3. The van der Waals surface area contributed by atoms with Gasteiger partial charge in [-0.05, 0) is 12.1 Å². The SMILES string of the molecule is O=S(=O)(Cl)c1cc(S(=O)(=O)Cl)c(S)c(S(=O)(=O)Cl)c1.[Na]. The van der Waals surface area contributed by atoms with Gasteiger partial charge in [0.05, 0.1) is 14.7 Å². The third kappa shape index (κ3) is 5.18. The van der Waals surface area contributed by atoms with Gasteiger partial charge in [-0.2, -0.15) is 0 Å². The Labute approximate surface area is 156 Å². The van der Waals surface area contributed by atoms with Crippen molar-refractivity contribution in [1.29, 1.82) is 0 Å². The van der Waals surface area contributed by atoms with E-state index in [1.165, 1.54) is 0 Å². The smallest absolute Gasteiger partial charge is 0.207 e. The zero-order valence-electron chi connectivity index (χ0n) is 9.41. The van der Waals surface area contributed by atoms with Gasteiger partial charge in [-0.25, -0.2) is 25.3 Å². The van der Waals surface area contributed by atoms with E-state index in [4.69, 9.17) is 32.0 Å². The first-order valence-electron chi connectivity index (χ1n) is 3.95. The molecular formula is C6H3Cl3NaO6S4. The third-order valence-corrected chi connectivity index (χ3v) is 6.63. The van der Waals surface area contributed by atoms with E-state index in [0.717, 1.165) is 0 Å². The van der Waals surface area contributed by atoms with Gasteiger partial charge in [-0.3, -0.25) is 0 Å². The van der Waals surface area contributed by atoms with Gasteiger partial charge in [0, 0.05) is 66.5 Å². The van der Waals surface area contributed by atoms with E-state index >= 15 is 0 Å². The summed E-state index contributed by atoms with van der Waals surface area (Å²) in [5, 5.41) is 0. The molecule has 0 saturated carbocycles. The Morgan fingerprint density at radius 3 is 1.25 bits per heavy atom. The molecular weight excluding hydrogens is 426 g/mol. The van der Waals surface area contributed by atoms with E-state index in [0.29, 0.717) is 12.1 Å². The zero-order valence-corrected chi connectivity index (χ0v) is 17.0. The molecule has 0 bridgehead atoms. The van der Waals surface area contributed by atoms with Crippen LogP contribution in [0.4, 0.5) is 0 Å². The van der Waals surface area contributed by atoms with Crippen LogP contribution in [0.25, 0.3) is 0 Å². The summed E-state index contributed by atoms with van der Waals surface area (Å²) in [4.78, 5) is -3.06. The van der Waals surface area contributed by atoms with Crippen molar-refractivity contribution >= 4 is 101 Å². The van der Waals surface area contributed by atoms with Crippen LogP contribution in [0.2, 0.25) is 0 Å². The fraction of sp³-hybridized carbons (Fsp3) is 0.